The number of methoxy groups -OCH3 is 2. The zero-order valence-corrected chi connectivity index (χ0v) is 23.3. The maximum absolute atomic E-state index is 12.7. The molecule has 0 aromatic heterocycles. The van der Waals surface area contributed by atoms with E-state index in [4.69, 9.17) is 32.7 Å². The van der Waals surface area contributed by atoms with Gasteiger partial charge in [0.05, 0.1) is 35.4 Å². The van der Waals surface area contributed by atoms with E-state index in [0.717, 1.165) is 37.8 Å². The van der Waals surface area contributed by atoms with E-state index in [1.54, 1.807) is 43.4 Å². The van der Waals surface area contributed by atoms with E-state index in [9.17, 15) is 14.7 Å². The fraction of sp³-hybridized carbons (Fsp3) is 0.630. The predicted molar refractivity (Wildman–Crippen MR) is 146 cm³/mol. The minimum Gasteiger partial charge on any atom is -0.391 e. The highest BCUT2D eigenvalue weighted by Gasteiger charge is 2.36. The number of likely N-dealkylation sites (tertiary alicyclic amines) is 1. The molecular weight excluding hydrogens is 517 g/mol. The highest BCUT2D eigenvalue weighted by Crippen LogP contribution is 2.25. The van der Waals surface area contributed by atoms with Gasteiger partial charge in [0.15, 0.2) is 0 Å². The van der Waals surface area contributed by atoms with Gasteiger partial charge < -0.3 is 24.4 Å². The number of carbonyl (C=O) groups is 2. The number of hydrogen-bond acceptors (Lipinski definition) is 6. The summed E-state index contributed by atoms with van der Waals surface area (Å²) < 4.78 is 10.8. The van der Waals surface area contributed by atoms with Crippen LogP contribution in [0.4, 0.5) is 0 Å². The third-order valence-electron chi connectivity index (χ3n) is 7.19. The molecule has 0 saturated carbocycles. The van der Waals surface area contributed by atoms with Crippen LogP contribution in [0.2, 0.25) is 10.0 Å². The van der Waals surface area contributed by atoms with Crippen LogP contribution in [0.3, 0.4) is 0 Å². The van der Waals surface area contributed by atoms with Crippen LogP contribution in [0.5, 0.6) is 0 Å². The molecule has 0 bridgehead atoms. The van der Waals surface area contributed by atoms with Crippen LogP contribution in [0.15, 0.2) is 24.3 Å². The minimum absolute atomic E-state index is 0.0461. The molecule has 3 rings (SSSR count). The average Bonchev–Trinajstić information content (AvgIpc) is 3.07. The van der Waals surface area contributed by atoms with E-state index in [1.165, 1.54) is 6.08 Å². The summed E-state index contributed by atoms with van der Waals surface area (Å²) in [4.78, 5) is 31.3. The van der Waals surface area contributed by atoms with Gasteiger partial charge in [-0.15, -0.1) is 0 Å². The fourth-order valence-electron chi connectivity index (χ4n) is 5.12. The Kier molecular flexibility index (Phi) is 12.1. The number of aliphatic hydroxyl groups is 1. The van der Waals surface area contributed by atoms with Crippen molar-refractivity contribution in [1.82, 2.24) is 14.7 Å². The van der Waals surface area contributed by atoms with Crippen LogP contribution in [0.1, 0.15) is 37.7 Å². The van der Waals surface area contributed by atoms with Gasteiger partial charge in [-0.25, -0.2) is 0 Å². The highest BCUT2D eigenvalue weighted by molar-refractivity contribution is 6.42. The smallest absolute Gasteiger partial charge is 0.246 e. The molecule has 2 heterocycles. The molecule has 8 nitrogen and oxygen atoms in total. The number of halogens is 2. The molecule has 2 aliphatic heterocycles. The monoisotopic (exact) mass is 555 g/mol. The lowest BCUT2D eigenvalue weighted by Gasteiger charge is -2.44. The summed E-state index contributed by atoms with van der Waals surface area (Å²) in [5.74, 6) is -0.0515. The summed E-state index contributed by atoms with van der Waals surface area (Å²) in [6, 6.07) is 5.41. The Morgan fingerprint density at radius 3 is 2.54 bits per heavy atom. The zero-order valence-electron chi connectivity index (χ0n) is 21.8. The van der Waals surface area contributed by atoms with Gasteiger partial charge in [0, 0.05) is 58.9 Å². The number of aliphatic hydroxyl groups excluding tert-OH is 1. The van der Waals surface area contributed by atoms with Crippen LogP contribution in [0.25, 0.3) is 6.08 Å². The van der Waals surface area contributed by atoms with E-state index in [2.05, 4.69) is 4.90 Å². The van der Waals surface area contributed by atoms with Crippen LogP contribution < -0.4 is 0 Å². The lowest BCUT2D eigenvalue weighted by Crippen LogP contribution is -2.57. The number of hydrogen-bond donors (Lipinski definition) is 1. The van der Waals surface area contributed by atoms with Crippen molar-refractivity contribution >= 4 is 41.1 Å². The van der Waals surface area contributed by atoms with Crippen molar-refractivity contribution in [2.75, 3.05) is 60.2 Å². The van der Waals surface area contributed by atoms with Gasteiger partial charge in [-0.3, -0.25) is 14.5 Å². The van der Waals surface area contributed by atoms with Crippen molar-refractivity contribution in [3.8, 4) is 0 Å². The molecule has 2 aliphatic rings. The van der Waals surface area contributed by atoms with Crippen LogP contribution in [-0.4, -0.2) is 110 Å². The Morgan fingerprint density at radius 2 is 1.81 bits per heavy atom. The molecule has 1 aromatic carbocycles. The molecule has 206 valence electrons. The molecule has 0 spiro atoms. The first-order valence-electron chi connectivity index (χ1n) is 13.0. The second-order valence-corrected chi connectivity index (χ2v) is 10.5. The van der Waals surface area contributed by atoms with Crippen molar-refractivity contribution in [2.24, 2.45) is 0 Å². The molecule has 3 unspecified atom stereocenters. The molecule has 10 heteroatoms. The molecule has 0 radical (unpaired) electrons. The Bertz CT molecular complexity index is 931. The summed E-state index contributed by atoms with van der Waals surface area (Å²) in [7, 11) is 3.36. The topological polar surface area (TPSA) is 82.6 Å². The number of amides is 2. The molecule has 2 saturated heterocycles. The molecule has 1 aromatic rings. The van der Waals surface area contributed by atoms with Crippen molar-refractivity contribution in [3.05, 3.63) is 39.9 Å². The SMILES string of the molecule is COCC1CCC(O)C(COC)N1CCCCN1CCN(C(=O)/C=C/c2ccc(Cl)c(Cl)c2)CCC1=O. The highest BCUT2D eigenvalue weighted by atomic mass is 35.5. The molecule has 2 amide bonds. The van der Waals surface area contributed by atoms with Gasteiger partial charge in [0.2, 0.25) is 11.8 Å². The standard InChI is InChI=1S/C27H39Cl2N3O5/c1-36-18-21-7-9-25(33)24(19-37-2)32(21)13-4-3-12-30-15-16-31(14-11-27(30)35)26(34)10-6-20-5-8-22(28)23(29)17-20/h5-6,8,10,17,21,24-25,33H,3-4,7,9,11-16,18-19H2,1-2H3/b10-6+. The van der Waals surface area contributed by atoms with E-state index in [-0.39, 0.29) is 23.9 Å². The minimum atomic E-state index is -0.408. The van der Waals surface area contributed by atoms with Gasteiger partial charge in [-0.2, -0.15) is 0 Å². The third-order valence-corrected chi connectivity index (χ3v) is 7.93. The van der Waals surface area contributed by atoms with Crippen molar-refractivity contribution in [3.63, 3.8) is 0 Å². The zero-order chi connectivity index (χ0) is 26.8. The van der Waals surface area contributed by atoms with Gasteiger partial charge in [0.1, 0.15) is 0 Å². The van der Waals surface area contributed by atoms with Gasteiger partial charge in [0.25, 0.3) is 0 Å². The maximum atomic E-state index is 12.7. The number of unbranched alkanes of at least 4 members (excludes halogenated alkanes) is 1. The molecular formula is C27H39Cl2N3O5. The summed E-state index contributed by atoms with van der Waals surface area (Å²) in [5.41, 5.74) is 0.789. The number of carbonyl (C=O) groups excluding carboxylic acids is 2. The lowest BCUT2D eigenvalue weighted by atomic mass is 9.93. The van der Waals surface area contributed by atoms with Crippen molar-refractivity contribution in [1.29, 1.82) is 0 Å². The van der Waals surface area contributed by atoms with E-state index in [1.807, 2.05) is 4.90 Å². The van der Waals surface area contributed by atoms with Crippen LogP contribution in [-0.2, 0) is 19.1 Å². The van der Waals surface area contributed by atoms with Crippen LogP contribution in [0, 0.1) is 0 Å². The van der Waals surface area contributed by atoms with E-state index < -0.39 is 6.10 Å². The quantitative estimate of drug-likeness (QED) is 0.333. The molecule has 3 atom stereocenters. The van der Waals surface area contributed by atoms with Crippen molar-refractivity contribution < 1.29 is 24.2 Å². The second kappa shape index (κ2) is 15.0. The summed E-state index contributed by atoms with van der Waals surface area (Å²) in [6.07, 6.45) is 6.52. The molecule has 1 N–H and O–H groups in total. The summed E-state index contributed by atoms with van der Waals surface area (Å²) in [6.45, 7) is 4.00. The first kappa shape index (κ1) is 29.9. The number of piperidine rings is 1. The van der Waals surface area contributed by atoms with Crippen molar-refractivity contribution in [2.45, 2.75) is 50.3 Å². The largest absolute Gasteiger partial charge is 0.391 e. The predicted octanol–water partition coefficient (Wildman–Crippen LogP) is 3.33. The number of nitrogens with zero attached hydrogens (tertiary/aromatic N) is 3. The summed E-state index contributed by atoms with van der Waals surface area (Å²) in [5, 5.41) is 11.4. The summed E-state index contributed by atoms with van der Waals surface area (Å²) >= 11 is 12.0. The van der Waals surface area contributed by atoms with Gasteiger partial charge in [-0.1, -0.05) is 29.3 Å². The van der Waals surface area contributed by atoms with Gasteiger partial charge >= 0.3 is 0 Å². The Morgan fingerprint density at radius 1 is 1.05 bits per heavy atom. The number of rotatable bonds is 11. The molecule has 2 fully saturated rings. The van der Waals surface area contributed by atoms with Crippen LogP contribution >= 0.6 is 23.2 Å². The van der Waals surface area contributed by atoms with E-state index >= 15 is 0 Å². The second-order valence-electron chi connectivity index (χ2n) is 9.68. The Balaban J connectivity index is 1.48. The number of ether oxygens (including phenoxy) is 2. The molecule has 37 heavy (non-hydrogen) atoms. The maximum Gasteiger partial charge on any atom is 0.246 e. The van der Waals surface area contributed by atoms with Gasteiger partial charge in [-0.05, 0) is 56.0 Å². The normalized spacial score (nSPS) is 23.6. The lowest BCUT2D eigenvalue weighted by molar-refractivity contribution is -0.130. The fourth-order valence-corrected chi connectivity index (χ4v) is 5.43. The first-order chi connectivity index (χ1) is 17.8. The Hall–Kier alpha value is -1.68. The first-order valence-corrected chi connectivity index (χ1v) is 13.7. The molecule has 0 aliphatic carbocycles. The number of benzene rings is 1. The van der Waals surface area contributed by atoms with E-state index in [0.29, 0.717) is 55.9 Å². The average molecular weight is 557 g/mol. The Labute approximate surface area is 230 Å². The third kappa shape index (κ3) is 8.67.